The van der Waals surface area contributed by atoms with Crippen LogP contribution in [0.1, 0.15) is 53.2 Å². The Morgan fingerprint density at radius 1 is 0.846 bits per heavy atom. The van der Waals surface area contributed by atoms with E-state index in [0.29, 0.717) is 5.56 Å². The van der Waals surface area contributed by atoms with E-state index in [4.69, 9.17) is 0 Å². The summed E-state index contributed by atoms with van der Waals surface area (Å²) in [5.74, 6) is 3.87. The van der Waals surface area contributed by atoms with Crippen molar-refractivity contribution < 1.29 is 36.0 Å². The summed E-state index contributed by atoms with van der Waals surface area (Å²) in [4.78, 5) is 35.9. The standard InChI is InChI=1S/C28H23F3N2O5S/c1-19(34)7-6-12-26(35)33-39(37,38)25-11-5-4-10-24(25)32-27(36)23-9-3-2-8-21(23)16-13-20-14-17-22(18-15-20)28(29,30)31/h2-5,8-11,14-15,17-18H,6-7,12H2,1H3,(H,32,36)(H,33,35). The molecule has 0 bridgehead atoms. The van der Waals surface area contributed by atoms with Gasteiger partial charge in [0.15, 0.2) is 0 Å². The molecule has 0 saturated carbocycles. The lowest BCUT2D eigenvalue weighted by molar-refractivity contribution is -0.137. The fourth-order valence-corrected chi connectivity index (χ4v) is 4.60. The Balaban J connectivity index is 1.80. The van der Waals surface area contributed by atoms with Crippen LogP contribution in [-0.2, 0) is 25.8 Å². The number of amides is 2. The number of para-hydroxylation sites is 1. The van der Waals surface area contributed by atoms with Gasteiger partial charge in [0.25, 0.3) is 15.9 Å². The normalized spacial score (nSPS) is 11.2. The molecule has 0 aromatic heterocycles. The topological polar surface area (TPSA) is 109 Å². The van der Waals surface area contributed by atoms with Gasteiger partial charge in [0.05, 0.1) is 16.8 Å². The highest BCUT2D eigenvalue weighted by Gasteiger charge is 2.29. The van der Waals surface area contributed by atoms with Gasteiger partial charge in [-0.2, -0.15) is 13.2 Å². The van der Waals surface area contributed by atoms with E-state index in [1.165, 1.54) is 55.5 Å². The number of benzene rings is 3. The zero-order valence-corrected chi connectivity index (χ0v) is 21.4. The molecule has 0 spiro atoms. The van der Waals surface area contributed by atoms with E-state index in [1.807, 2.05) is 4.72 Å². The molecular formula is C28H23F3N2O5S. The average molecular weight is 557 g/mol. The fourth-order valence-electron chi connectivity index (χ4n) is 3.42. The highest BCUT2D eigenvalue weighted by Crippen LogP contribution is 2.29. The molecule has 202 valence electrons. The predicted octanol–water partition coefficient (Wildman–Crippen LogP) is 4.92. The van der Waals surface area contributed by atoms with E-state index < -0.39 is 33.6 Å². The molecule has 0 heterocycles. The maximum atomic E-state index is 13.1. The summed E-state index contributed by atoms with van der Waals surface area (Å²) in [5.41, 5.74) is -0.245. The van der Waals surface area contributed by atoms with Crippen molar-refractivity contribution >= 4 is 33.3 Å². The molecule has 0 radical (unpaired) electrons. The van der Waals surface area contributed by atoms with Gasteiger partial charge in [-0.1, -0.05) is 36.1 Å². The number of sulfonamides is 1. The molecule has 0 aliphatic carbocycles. The zero-order chi connectivity index (χ0) is 28.6. The number of hydrogen-bond donors (Lipinski definition) is 2. The molecule has 0 unspecified atom stereocenters. The highest BCUT2D eigenvalue weighted by molar-refractivity contribution is 7.90. The lowest BCUT2D eigenvalue weighted by Gasteiger charge is -2.13. The van der Waals surface area contributed by atoms with Gasteiger partial charge >= 0.3 is 6.18 Å². The van der Waals surface area contributed by atoms with Crippen LogP contribution in [0.2, 0.25) is 0 Å². The predicted molar refractivity (Wildman–Crippen MR) is 138 cm³/mol. The Morgan fingerprint density at radius 2 is 1.49 bits per heavy atom. The van der Waals surface area contributed by atoms with Crippen molar-refractivity contribution in [2.45, 2.75) is 37.3 Å². The van der Waals surface area contributed by atoms with Crippen LogP contribution < -0.4 is 10.0 Å². The van der Waals surface area contributed by atoms with Crippen molar-refractivity contribution in [3.63, 3.8) is 0 Å². The van der Waals surface area contributed by atoms with Gasteiger partial charge in [-0.15, -0.1) is 0 Å². The minimum atomic E-state index is -4.47. The number of anilines is 1. The number of rotatable bonds is 8. The van der Waals surface area contributed by atoms with Gasteiger partial charge in [0.2, 0.25) is 5.91 Å². The minimum Gasteiger partial charge on any atom is -0.321 e. The summed E-state index contributed by atoms with van der Waals surface area (Å²) in [6, 6.07) is 15.9. The van der Waals surface area contributed by atoms with Crippen LogP contribution in [0.3, 0.4) is 0 Å². The van der Waals surface area contributed by atoms with Gasteiger partial charge in [0.1, 0.15) is 10.7 Å². The second-order valence-corrected chi connectivity index (χ2v) is 10.1. The number of ketones is 1. The van der Waals surface area contributed by atoms with E-state index in [-0.39, 0.29) is 46.8 Å². The first-order valence-corrected chi connectivity index (χ1v) is 13.1. The summed E-state index contributed by atoms with van der Waals surface area (Å²) in [7, 11) is -4.35. The summed E-state index contributed by atoms with van der Waals surface area (Å²) in [6.07, 6.45) is -4.31. The van der Waals surface area contributed by atoms with Crippen molar-refractivity contribution in [2.24, 2.45) is 0 Å². The van der Waals surface area contributed by atoms with Crippen molar-refractivity contribution in [3.8, 4) is 11.8 Å². The smallest absolute Gasteiger partial charge is 0.321 e. The van der Waals surface area contributed by atoms with Crippen molar-refractivity contribution in [1.29, 1.82) is 0 Å². The lowest BCUT2D eigenvalue weighted by Crippen LogP contribution is -2.31. The van der Waals surface area contributed by atoms with Crippen LogP contribution in [0.4, 0.5) is 18.9 Å². The zero-order valence-electron chi connectivity index (χ0n) is 20.6. The van der Waals surface area contributed by atoms with Crippen LogP contribution in [0, 0.1) is 11.8 Å². The average Bonchev–Trinajstić information content (AvgIpc) is 2.87. The van der Waals surface area contributed by atoms with Gasteiger partial charge in [0, 0.05) is 24.0 Å². The van der Waals surface area contributed by atoms with Crippen molar-refractivity contribution in [3.05, 3.63) is 95.1 Å². The number of Topliss-reactive ketones (excluding diaryl/α,β-unsaturated/α-hetero) is 1. The van der Waals surface area contributed by atoms with E-state index in [2.05, 4.69) is 17.2 Å². The van der Waals surface area contributed by atoms with Crippen LogP contribution in [0.15, 0.2) is 77.7 Å². The lowest BCUT2D eigenvalue weighted by atomic mass is 10.1. The monoisotopic (exact) mass is 556 g/mol. The largest absolute Gasteiger partial charge is 0.416 e. The number of hydrogen-bond acceptors (Lipinski definition) is 5. The van der Waals surface area contributed by atoms with Gasteiger partial charge in [-0.3, -0.25) is 9.59 Å². The molecule has 0 fully saturated rings. The molecule has 3 rings (SSSR count). The van der Waals surface area contributed by atoms with Gasteiger partial charge in [-0.05, 0) is 61.9 Å². The fraction of sp³-hybridized carbons (Fsp3) is 0.179. The first-order valence-electron chi connectivity index (χ1n) is 11.6. The van der Waals surface area contributed by atoms with Crippen LogP contribution >= 0.6 is 0 Å². The Bertz CT molecular complexity index is 1550. The molecular weight excluding hydrogens is 533 g/mol. The number of alkyl halides is 3. The second-order valence-electron chi connectivity index (χ2n) is 8.41. The Hall–Kier alpha value is -4.43. The quantitative estimate of drug-likeness (QED) is 0.383. The molecule has 11 heteroatoms. The second kappa shape index (κ2) is 12.4. The van der Waals surface area contributed by atoms with E-state index in [1.54, 1.807) is 12.1 Å². The molecule has 0 aliphatic heterocycles. The molecule has 0 aliphatic rings. The molecule has 3 aromatic carbocycles. The van der Waals surface area contributed by atoms with Crippen LogP contribution in [0.25, 0.3) is 0 Å². The van der Waals surface area contributed by atoms with Crippen LogP contribution in [0.5, 0.6) is 0 Å². The molecule has 7 nitrogen and oxygen atoms in total. The first-order chi connectivity index (χ1) is 18.4. The summed E-state index contributed by atoms with van der Waals surface area (Å²) in [6.45, 7) is 1.37. The summed E-state index contributed by atoms with van der Waals surface area (Å²) < 4.78 is 66.0. The van der Waals surface area contributed by atoms with E-state index in [0.717, 1.165) is 12.1 Å². The first kappa shape index (κ1) is 29.1. The molecule has 3 aromatic rings. The SMILES string of the molecule is CC(=O)CCCC(=O)NS(=O)(=O)c1ccccc1NC(=O)c1ccccc1C#Cc1ccc(C(F)(F)F)cc1. The number of nitrogens with one attached hydrogen (secondary N) is 2. The van der Waals surface area contributed by atoms with Crippen molar-refractivity contribution in [2.75, 3.05) is 5.32 Å². The maximum absolute atomic E-state index is 13.1. The minimum absolute atomic E-state index is 0.0861. The van der Waals surface area contributed by atoms with E-state index >= 15 is 0 Å². The van der Waals surface area contributed by atoms with Gasteiger partial charge < -0.3 is 10.1 Å². The molecule has 39 heavy (non-hydrogen) atoms. The summed E-state index contributed by atoms with van der Waals surface area (Å²) >= 11 is 0. The molecule has 2 N–H and O–H groups in total. The van der Waals surface area contributed by atoms with Crippen LogP contribution in [-0.4, -0.2) is 26.0 Å². The third-order valence-corrected chi connectivity index (χ3v) is 6.76. The number of halogens is 3. The van der Waals surface area contributed by atoms with Gasteiger partial charge in [-0.25, -0.2) is 13.1 Å². The number of carbonyl (C=O) groups is 3. The highest BCUT2D eigenvalue weighted by atomic mass is 32.2. The Labute approximate surface area is 223 Å². The molecule has 0 atom stereocenters. The van der Waals surface area contributed by atoms with E-state index in [9.17, 15) is 36.0 Å². The third kappa shape index (κ3) is 8.28. The Morgan fingerprint density at radius 3 is 2.15 bits per heavy atom. The summed E-state index contributed by atoms with van der Waals surface area (Å²) in [5, 5.41) is 2.52. The number of carbonyl (C=O) groups excluding carboxylic acids is 3. The van der Waals surface area contributed by atoms with Crippen molar-refractivity contribution in [1.82, 2.24) is 4.72 Å². The third-order valence-electron chi connectivity index (χ3n) is 5.33. The maximum Gasteiger partial charge on any atom is 0.416 e. The Kier molecular flexibility index (Phi) is 9.27. The molecule has 0 saturated heterocycles. The molecule has 2 amide bonds.